The van der Waals surface area contributed by atoms with Crippen molar-refractivity contribution in [1.82, 2.24) is 9.80 Å². The maximum absolute atomic E-state index is 5.75. The smallest absolute Gasteiger partial charge is 0.173 e. The Balaban J connectivity index is 1.45. The molecule has 1 heterocycles. The molecule has 1 aliphatic rings. The summed E-state index contributed by atoms with van der Waals surface area (Å²) >= 11 is 5.75. The second-order valence-corrected chi connectivity index (χ2v) is 8.07. The van der Waals surface area contributed by atoms with Gasteiger partial charge in [-0.15, -0.1) is 0 Å². The highest BCUT2D eigenvalue weighted by molar-refractivity contribution is 7.80. The molecule has 0 aliphatic carbocycles. The molecule has 30 heavy (non-hydrogen) atoms. The van der Waals surface area contributed by atoms with Crippen molar-refractivity contribution < 1.29 is 0 Å². The Bertz CT molecular complexity index is 911. The van der Waals surface area contributed by atoms with E-state index in [1.807, 2.05) is 0 Å². The number of rotatable bonds is 5. The largest absolute Gasteiger partial charge is 0.346 e. The van der Waals surface area contributed by atoms with Crippen molar-refractivity contribution >= 4 is 23.0 Å². The Morgan fingerprint density at radius 1 is 0.800 bits per heavy atom. The quantitative estimate of drug-likeness (QED) is 0.566. The van der Waals surface area contributed by atoms with E-state index in [0.717, 1.165) is 43.4 Å². The van der Waals surface area contributed by atoms with Gasteiger partial charge in [-0.05, 0) is 41.4 Å². The summed E-state index contributed by atoms with van der Waals surface area (Å²) in [6.07, 6.45) is 0.995. The molecule has 4 heteroatoms. The normalized spacial score (nSPS) is 14.7. The van der Waals surface area contributed by atoms with E-state index in [2.05, 4.69) is 107 Å². The van der Waals surface area contributed by atoms with E-state index in [9.17, 15) is 0 Å². The Hall–Kier alpha value is -2.69. The summed E-state index contributed by atoms with van der Waals surface area (Å²) in [7, 11) is 0. The van der Waals surface area contributed by atoms with Crippen molar-refractivity contribution in [1.29, 1.82) is 0 Å². The number of thiocarbonyl (C=S) groups is 1. The van der Waals surface area contributed by atoms with Crippen LogP contribution < -0.4 is 5.32 Å². The maximum Gasteiger partial charge on any atom is 0.173 e. The van der Waals surface area contributed by atoms with Crippen molar-refractivity contribution in [2.75, 3.05) is 31.5 Å². The fourth-order valence-corrected chi connectivity index (χ4v) is 4.51. The summed E-state index contributed by atoms with van der Waals surface area (Å²) in [6.45, 7) is 5.99. The van der Waals surface area contributed by atoms with Gasteiger partial charge in [-0.2, -0.15) is 0 Å². The van der Waals surface area contributed by atoms with Crippen molar-refractivity contribution in [3.8, 4) is 0 Å². The van der Waals surface area contributed by atoms with E-state index in [-0.39, 0.29) is 6.04 Å². The van der Waals surface area contributed by atoms with Gasteiger partial charge in [0.05, 0.1) is 6.04 Å². The third-order valence-electron chi connectivity index (χ3n) is 5.84. The number of nitrogens with zero attached hydrogens (tertiary/aromatic N) is 2. The van der Waals surface area contributed by atoms with Crippen molar-refractivity contribution in [2.45, 2.75) is 19.4 Å². The maximum atomic E-state index is 5.75. The van der Waals surface area contributed by atoms with Crippen LogP contribution in [-0.4, -0.2) is 41.1 Å². The molecule has 0 aromatic heterocycles. The molecule has 3 aromatic rings. The molecule has 1 saturated heterocycles. The Kier molecular flexibility index (Phi) is 6.77. The first-order chi connectivity index (χ1) is 14.8. The lowest BCUT2D eigenvalue weighted by atomic mass is 9.96. The first kappa shape index (κ1) is 20.6. The molecule has 1 aliphatic heterocycles. The Morgan fingerprint density at radius 2 is 1.33 bits per heavy atom. The molecule has 1 fully saturated rings. The standard InChI is InChI=1S/C26H29N3S/c1-2-21-11-9-10-16-24(21)27-26(30)29-19-17-28(18-20-29)25(22-12-5-3-6-13-22)23-14-7-4-8-15-23/h3-16,25H,2,17-20H2,1H3,(H,27,30). The molecular formula is C26H29N3S. The molecule has 4 rings (SSSR count). The van der Waals surface area contributed by atoms with E-state index in [1.54, 1.807) is 0 Å². The zero-order chi connectivity index (χ0) is 20.8. The number of hydrogen-bond donors (Lipinski definition) is 1. The highest BCUT2D eigenvalue weighted by atomic mass is 32.1. The van der Waals surface area contributed by atoms with Gasteiger partial charge in [-0.25, -0.2) is 0 Å². The van der Waals surface area contributed by atoms with Crippen LogP contribution in [0.25, 0.3) is 0 Å². The molecule has 3 nitrogen and oxygen atoms in total. The molecule has 154 valence electrons. The second-order valence-electron chi connectivity index (χ2n) is 7.69. The first-order valence-electron chi connectivity index (χ1n) is 10.7. The summed E-state index contributed by atoms with van der Waals surface area (Å²) in [4.78, 5) is 4.87. The fraction of sp³-hybridized carbons (Fsp3) is 0.269. The molecule has 1 N–H and O–H groups in total. The summed E-state index contributed by atoms with van der Waals surface area (Å²) < 4.78 is 0. The monoisotopic (exact) mass is 415 g/mol. The lowest BCUT2D eigenvalue weighted by molar-refractivity contribution is 0.151. The Morgan fingerprint density at radius 3 is 1.90 bits per heavy atom. The van der Waals surface area contributed by atoms with Crippen molar-refractivity contribution in [3.63, 3.8) is 0 Å². The number of hydrogen-bond acceptors (Lipinski definition) is 2. The van der Waals surface area contributed by atoms with Crippen LogP contribution in [0.15, 0.2) is 84.9 Å². The van der Waals surface area contributed by atoms with Crippen LogP contribution in [-0.2, 0) is 6.42 Å². The summed E-state index contributed by atoms with van der Waals surface area (Å²) in [6, 6.07) is 30.3. The van der Waals surface area contributed by atoms with Gasteiger partial charge in [0.2, 0.25) is 0 Å². The van der Waals surface area contributed by atoms with Crippen molar-refractivity contribution in [3.05, 3.63) is 102 Å². The minimum Gasteiger partial charge on any atom is -0.346 e. The van der Waals surface area contributed by atoms with Gasteiger partial charge < -0.3 is 10.2 Å². The average Bonchev–Trinajstić information content (AvgIpc) is 2.81. The molecule has 0 unspecified atom stereocenters. The van der Waals surface area contributed by atoms with Crippen molar-refractivity contribution in [2.24, 2.45) is 0 Å². The van der Waals surface area contributed by atoms with Gasteiger partial charge in [0.25, 0.3) is 0 Å². The lowest BCUT2D eigenvalue weighted by Crippen LogP contribution is -2.51. The molecule has 0 atom stereocenters. The number of aryl methyl sites for hydroxylation is 1. The predicted molar refractivity (Wildman–Crippen MR) is 130 cm³/mol. The number of para-hydroxylation sites is 1. The SMILES string of the molecule is CCc1ccccc1NC(=S)N1CCN(C(c2ccccc2)c2ccccc2)CC1. The molecule has 0 bridgehead atoms. The molecule has 3 aromatic carbocycles. The van der Waals surface area contributed by atoms with Crippen LogP contribution in [0.2, 0.25) is 0 Å². The Labute approximate surface area is 185 Å². The van der Waals surface area contributed by atoms with E-state index in [0.29, 0.717) is 0 Å². The zero-order valence-electron chi connectivity index (χ0n) is 17.5. The molecule has 0 spiro atoms. The minimum atomic E-state index is 0.275. The number of benzene rings is 3. The van der Waals surface area contributed by atoms with E-state index >= 15 is 0 Å². The van der Waals surface area contributed by atoms with Crippen LogP contribution >= 0.6 is 12.2 Å². The average molecular weight is 416 g/mol. The lowest BCUT2D eigenvalue weighted by Gasteiger charge is -2.40. The zero-order valence-corrected chi connectivity index (χ0v) is 18.3. The highest BCUT2D eigenvalue weighted by Gasteiger charge is 2.27. The third kappa shape index (κ3) is 4.72. The van der Waals surface area contributed by atoms with Gasteiger partial charge in [0.1, 0.15) is 0 Å². The molecule has 0 radical (unpaired) electrons. The minimum absolute atomic E-state index is 0.275. The highest BCUT2D eigenvalue weighted by Crippen LogP contribution is 2.29. The predicted octanol–water partition coefficient (Wildman–Crippen LogP) is 5.35. The second kappa shape index (κ2) is 9.88. The molecule has 0 amide bonds. The summed E-state index contributed by atoms with van der Waals surface area (Å²) in [5, 5.41) is 4.30. The van der Waals surface area contributed by atoms with Crippen LogP contribution in [0.4, 0.5) is 5.69 Å². The van der Waals surface area contributed by atoms with Gasteiger partial charge in [-0.1, -0.05) is 85.8 Å². The summed E-state index contributed by atoms with van der Waals surface area (Å²) in [5.74, 6) is 0. The molecule has 0 saturated carbocycles. The van der Waals surface area contributed by atoms with E-state index < -0.39 is 0 Å². The van der Waals surface area contributed by atoms with Gasteiger partial charge >= 0.3 is 0 Å². The van der Waals surface area contributed by atoms with E-state index in [4.69, 9.17) is 12.2 Å². The topological polar surface area (TPSA) is 18.5 Å². The van der Waals surface area contributed by atoms with Crippen LogP contribution in [0, 0.1) is 0 Å². The van der Waals surface area contributed by atoms with Gasteiger partial charge in [0, 0.05) is 31.9 Å². The number of anilines is 1. The van der Waals surface area contributed by atoms with Gasteiger partial charge in [-0.3, -0.25) is 4.90 Å². The number of nitrogens with one attached hydrogen (secondary N) is 1. The number of piperazine rings is 1. The van der Waals surface area contributed by atoms with Crippen LogP contribution in [0.3, 0.4) is 0 Å². The van der Waals surface area contributed by atoms with Crippen LogP contribution in [0.5, 0.6) is 0 Å². The molecular weight excluding hydrogens is 386 g/mol. The first-order valence-corrected chi connectivity index (χ1v) is 11.1. The van der Waals surface area contributed by atoms with Crippen LogP contribution in [0.1, 0.15) is 29.7 Å². The fourth-order valence-electron chi connectivity index (χ4n) is 4.21. The van der Waals surface area contributed by atoms with E-state index in [1.165, 1.54) is 16.7 Å². The summed E-state index contributed by atoms with van der Waals surface area (Å²) in [5.41, 5.74) is 5.11. The third-order valence-corrected chi connectivity index (χ3v) is 6.20. The van der Waals surface area contributed by atoms with Gasteiger partial charge in [0.15, 0.2) is 5.11 Å².